The Morgan fingerprint density at radius 1 is 1.35 bits per heavy atom. The van der Waals surface area contributed by atoms with Crippen LogP contribution in [0.1, 0.15) is 25.0 Å². The number of amides is 1. The van der Waals surface area contributed by atoms with E-state index in [0.29, 0.717) is 11.6 Å². The smallest absolute Gasteiger partial charge is 0.328 e. The van der Waals surface area contributed by atoms with Crippen LogP contribution in [0, 0.1) is 0 Å². The maximum atomic E-state index is 11.8. The largest absolute Gasteiger partial charge is 0.464 e. The first-order chi connectivity index (χ1) is 9.43. The summed E-state index contributed by atoms with van der Waals surface area (Å²) >= 11 is 4.85. The highest BCUT2D eigenvalue weighted by atomic mass is 32.1. The van der Waals surface area contributed by atoms with E-state index in [-0.39, 0.29) is 12.3 Å². The van der Waals surface area contributed by atoms with E-state index in [9.17, 15) is 9.59 Å². The summed E-state index contributed by atoms with van der Waals surface area (Å²) in [6, 6.07) is 6.43. The van der Waals surface area contributed by atoms with Crippen LogP contribution in [0.2, 0.25) is 0 Å². The Morgan fingerprint density at radius 3 is 2.45 bits per heavy atom. The normalized spacial score (nSPS) is 11.5. The van der Waals surface area contributed by atoms with E-state index in [0.717, 1.165) is 11.1 Å². The molecule has 108 valence electrons. The van der Waals surface area contributed by atoms with Crippen molar-refractivity contribution in [3.8, 4) is 0 Å². The Kier molecular flexibility index (Phi) is 6.11. The topological polar surface area (TPSA) is 81.4 Å². The first-order valence-corrected chi connectivity index (χ1v) is 6.69. The van der Waals surface area contributed by atoms with Gasteiger partial charge in [-0.1, -0.05) is 36.5 Å². The second-order valence-electron chi connectivity index (χ2n) is 4.28. The number of esters is 1. The molecule has 1 rings (SSSR count). The maximum absolute atomic E-state index is 11.8. The number of nitrogens with one attached hydrogen (secondary N) is 1. The highest BCUT2D eigenvalue weighted by Gasteiger charge is 2.16. The Hall–Kier alpha value is -1.95. The first-order valence-electron chi connectivity index (χ1n) is 6.28. The maximum Gasteiger partial charge on any atom is 0.328 e. The lowest BCUT2D eigenvalue weighted by Crippen LogP contribution is -2.40. The molecule has 6 heteroatoms. The van der Waals surface area contributed by atoms with Gasteiger partial charge in [-0.3, -0.25) is 4.79 Å². The van der Waals surface area contributed by atoms with Crippen molar-refractivity contribution in [2.45, 2.75) is 26.3 Å². The van der Waals surface area contributed by atoms with Gasteiger partial charge in [0.25, 0.3) is 0 Å². The summed E-state index contributed by atoms with van der Waals surface area (Å²) in [6.07, 6.45) is 0.182. The number of benzene rings is 1. The molecule has 1 atom stereocenters. The first kappa shape index (κ1) is 16.1. The number of rotatable bonds is 6. The lowest BCUT2D eigenvalue weighted by Gasteiger charge is -2.12. The Balaban J connectivity index is 2.54. The van der Waals surface area contributed by atoms with Gasteiger partial charge in [-0.15, -0.1) is 0 Å². The number of carbonyl (C=O) groups is 2. The predicted octanol–water partition coefficient (Wildman–Crippen LogP) is 0.931. The molecule has 1 aromatic carbocycles. The molecule has 0 spiro atoms. The third-order valence-corrected chi connectivity index (χ3v) is 2.86. The highest BCUT2D eigenvalue weighted by molar-refractivity contribution is 7.80. The Bertz CT molecular complexity index is 500. The van der Waals surface area contributed by atoms with Gasteiger partial charge in [-0.2, -0.15) is 0 Å². The fourth-order valence-corrected chi connectivity index (χ4v) is 1.73. The number of hydrogen-bond donors (Lipinski definition) is 2. The molecule has 0 aromatic heterocycles. The molecule has 0 bridgehead atoms. The molecule has 1 aromatic rings. The minimum atomic E-state index is -0.654. The average Bonchev–Trinajstić information content (AvgIpc) is 2.39. The molecule has 0 heterocycles. The summed E-state index contributed by atoms with van der Waals surface area (Å²) < 4.78 is 4.81. The van der Waals surface area contributed by atoms with Crippen molar-refractivity contribution in [2.75, 3.05) is 6.61 Å². The number of nitrogens with two attached hydrogens (primary N) is 1. The molecule has 3 N–H and O–H groups in total. The fraction of sp³-hybridized carbons (Fsp3) is 0.357. The van der Waals surface area contributed by atoms with Crippen LogP contribution >= 0.6 is 12.2 Å². The van der Waals surface area contributed by atoms with Crippen LogP contribution in [0.4, 0.5) is 0 Å². The summed E-state index contributed by atoms with van der Waals surface area (Å²) in [5, 5.41) is 2.59. The molecule has 20 heavy (non-hydrogen) atoms. The van der Waals surface area contributed by atoms with Crippen molar-refractivity contribution >= 4 is 29.1 Å². The second-order valence-corrected chi connectivity index (χ2v) is 4.72. The third kappa shape index (κ3) is 4.97. The predicted molar refractivity (Wildman–Crippen MR) is 80.3 cm³/mol. The van der Waals surface area contributed by atoms with Gasteiger partial charge in [0.05, 0.1) is 13.0 Å². The zero-order chi connectivity index (χ0) is 15.1. The fourth-order valence-electron chi connectivity index (χ4n) is 1.59. The molecular weight excluding hydrogens is 276 g/mol. The average molecular weight is 294 g/mol. The summed E-state index contributed by atoms with van der Waals surface area (Å²) in [5.41, 5.74) is 7.07. The van der Waals surface area contributed by atoms with Crippen molar-refractivity contribution in [2.24, 2.45) is 5.73 Å². The number of hydrogen-bond acceptors (Lipinski definition) is 4. The standard InChI is InChI=1S/C14H18N2O3S/c1-3-19-14(18)9(2)16-12(17)8-10-4-6-11(7-5-10)13(15)20/h4-7,9H,3,8H2,1-2H3,(H2,15,20)(H,16,17). The number of thiocarbonyl (C=S) groups is 1. The van der Waals surface area contributed by atoms with E-state index in [2.05, 4.69) is 5.32 Å². The number of carbonyl (C=O) groups excluding carboxylic acids is 2. The quantitative estimate of drug-likeness (QED) is 0.602. The van der Waals surface area contributed by atoms with E-state index in [1.807, 2.05) is 0 Å². The second kappa shape index (κ2) is 7.59. The molecular formula is C14H18N2O3S. The van der Waals surface area contributed by atoms with Crippen LogP contribution in [0.25, 0.3) is 0 Å². The molecule has 0 saturated carbocycles. The van der Waals surface area contributed by atoms with Crippen LogP contribution in [-0.2, 0) is 20.7 Å². The van der Waals surface area contributed by atoms with Gasteiger partial charge in [-0.25, -0.2) is 4.79 Å². The van der Waals surface area contributed by atoms with Crippen molar-refractivity contribution in [3.05, 3.63) is 35.4 Å². The van der Waals surface area contributed by atoms with Gasteiger partial charge in [0, 0.05) is 5.56 Å². The Morgan fingerprint density at radius 2 is 1.95 bits per heavy atom. The van der Waals surface area contributed by atoms with E-state index in [4.69, 9.17) is 22.7 Å². The minimum absolute atomic E-state index is 0.182. The van der Waals surface area contributed by atoms with Gasteiger partial charge in [0.15, 0.2) is 0 Å². The van der Waals surface area contributed by atoms with E-state index in [1.165, 1.54) is 0 Å². The summed E-state index contributed by atoms with van der Waals surface area (Å²) in [4.78, 5) is 23.5. The monoisotopic (exact) mass is 294 g/mol. The third-order valence-electron chi connectivity index (χ3n) is 2.62. The molecule has 0 saturated heterocycles. The molecule has 0 aliphatic heterocycles. The lowest BCUT2D eigenvalue weighted by atomic mass is 10.1. The van der Waals surface area contributed by atoms with E-state index >= 15 is 0 Å². The summed E-state index contributed by atoms with van der Waals surface area (Å²) in [5.74, 6) is -0.682. The van der Waals surface area contributed by atoms with Gasteiger partial charge in [0.1, 0.15) is 11.0 Å². The van der Waals surface area contributed by atoms with Crippen molar-refractivity contribution in [1.29, 1.82) is 0 Å². The summed E-state index contributed by atoms with van der Waals surface area (Å²) in [7, 11) is 0. The van der Waals surface area contributed by atoms with Crippen molar-refractivity contribution in [3.63, 3.8) is 0 Å². The molecule has 0 fully saturated rings. The van der Waals surface area contributed by atoms with E-state index in [1.54, 1.807) is 38.1 Å². The van der Waals surface area contributed by atoms with Crippen LogP contribution in [0.3, 0.4) is 0 Å². The molecule has 1 unspecified atom stereocenters. The van der Waals surface area contributed by atoms with E-state index < -0.39 is 12.0 Å². The van der Waals surface area contributed by atoms with Gasteiger partial charge < -0.3 is 15.8 Å². The van der Waals surface area contributed by atoms with Gasteiger partial charge >= 0.3 is 5.97 Å². The van der Waals surface area contributed by atoms with Crippen LogP contribution < -0.4 is 11.1 Å². The van der Waals surface area contributed by atoms with Crippen LogP contribution in [-0.4, -0.2) is 29.5 Å². The van der Waals surface area contributed by atoms with Gasteiger partial charge in [-0.05, 0) is 19.4 Å². The lowest BCUT2D eigenvalue weighted by molar-refractivity contribution is -0.146. The van der Waals surface area contributed by atoms with Crippen molar-refractivity contribution in [1.82, 2.24) is 5.32 Å². The SMILES string of the molecule is CCOC(=O)C(C)NC(=O)Cc1ccc(C(N)=S)cc1. The van der Waals surface area contributed by atoms with Crippen LogP contribution in [0.15, 0.2) is 24.3 Å². The molecule has 5 nitrogen and oxygen atoms in total. The number of ether oxygens (including phenoxy) is 1. The minimum Gasteiger partial charge on any atom is -0.464 e. The molecule has 1 amide bonds. The highest BCUT2D eigenvalue weighted by Crippen LogP contribution is 2.05. The zero-order valence-corrected chi connectivity index (χ0v) is 12.3. The van der Waals surface area contributed by atoms with Crippen LogP contribution in [0.5, 0.6) is 0 Å². The summed E-state index contributed by atoms with van der Waals surface area (Å²) in [6.45, 7) is 3.60. The molecule has 0 aliphatic carbocycles. The van der Waals surface area contributed by atoms with Crippen molar-refractivity contribution < 1.29 is 14.3 Å². The Labute approximate surface area is 123 Å². The molecule has 0 radical (unpaired) electrons. The van der Waals surface area contributed by atoms with Gasteiger partial charge in [0.2, 0.25) is 5.91 Å². The zero-order valence-electron chi connectivity index (χ0n) is 11.5. The molecule has 0 aliphatic rings.